The standard InChI is InChI=1S/C13H24/c1-5-11(3)12(6-2)13(4)9-7-8-10-13/h5,11-12H,1,6-10H2,2-4H3. The van der Waals surface area contributed by atoms with Gasteiger partial charge >= 0.3 is 0 Å². The molecule has 76 valence electrons. The van der Waals surface area contributed by atoms with Gasteiger partial charge in [0.05, 0.1) is 0 Å². The van der Waals surface area contributed by atoms with Gasteiger partial charge in [-0.15, -0.1) is 6.58 Å². The van der Waals surface area contributed by atoms with E-state index in [-0.39, 0.29) is 0 Å². The van der Waals surface area contributed by atoms with Crippen molar-refractivity contribution >= 4 is 0 Å². The summed E-state index contributed by atoms with van der Waals surface area (Å²) < 4.78 is 0. The zero-order valence-electron chi connectivity index (χ0n) is 9.47. The van der Waals surface area contributed by atoms with Crippen LogP contribution in [0.4, 0.5) is 0 Å². The SMILES string of the molecule is C=CC(C)C(CC)C1(C)CCCC1. The van der Waals surface area contributed by atoms with Crippen LogP contribution in [0.1, 0.15) is 52.9 Å². The van der Waals surface area contributed by atoms with Crippen molar-refractivity contribution in [3.05, 3.63) is 12.7 Å². The molecule has 0 amide bonds. The molecule has 2 atom stereocenters. The van der Waals surface area contributed by atoms with E-state index in [1.807, 2.05) is 0 Å². The van der Waals surface area contributed by atoms with Gasteiger partial charge in [-0.05, 0) is 30.1 Å². The summed E-state index contributed by atoms with van der Waals surface area (Å²) in [6.07, 6.45) is 9.20. The van der Waals surface area contributed by atoms with E-state index in [4.69, 9.17) is 0 Å². The third kappa shape index (κ3) is 2.15. The molecule has 13 heavy (non-hydrogen) atoms. The Morgan fingerprint density at radius 3 is 2.31 bits per heavy atom. The highest BCUT2D eigenvalue weighted by Crippen LogP contribution is 2.48. The van der Waals surface area contributed by atoms with Crippen LogP contribution < -0.4 is 0 Å². The molecule has 1 fully saturated rings. The van der Waals surface area contributed by atoms with Gasteiger partial charge < -0.3 is 0 Å². The van der Waals surface area contributed by atoms with E-state index in [0.717, 1.165) is 5.92 Å². The molecule has 1 aliphatic carbocycles. The summed E-state index contributed by atoms with van der Waals surface area (Å²) in [5, 5.41) is 0. The largest absolute Gasteiger partial charge is 0.103 e. The lowest BCUT2D eigenvalue weighted by Gasteiger charge is -2.36. The first-order valence-electron chi connectivity index (χ1n) is 5.76. The molecule has 0 aromatic carbocycles. The topological polar surface area (TPSA) is 0 Å². The van der Waals surface area contributed by atoms with Crippen molar-refractivity contribution in [2.45, 2.75) is 52.9 Å². The van der Waals surface area contributed by atoms with Gasteiger partial charge in [-0.2, -0.15) is 0 Å². The van der Waals surface area contributed by atoms with E-state index in [9.17, 15) is 0 Å². The molecular formula is C13H24. The fourth-order valence-electron chi connectivity index (χ4n) is 3.22. The summed E-state index contributed by atoms with van der Waals surface area (Å²) in [5.74, 6) is 1.54. The molecule has 0 radical (unpaired) electrons. The minimum absolute atomic E-state index is 0.613. The lowest BCUT2D eigenvalue weighted by molar-refractivity contribution is 0.148. The number of hydrogen-bond acceptors (Lipinski definition) is 0. The van der Waals surface area contributed by atoms with Crippen LogP contribution in [0.25, 0.3) is 0 Å². The monoisotopic (exact) mass is 180 g/mol. The minimum atomic E-state index is 0.613. The zero-order chi connectivity index (χ0) is 9.90. The Balaban J connectivity index is 2.68. The maximum atomic E-state index is 3.93. The van der Waals surface area contributed by atoms with Crippen molar-refractivity contribution in [2.24, 2.45) is 17.3 Å². The Morgan fingerprint density at radius 1 is 1.38 bits per heavy atom. The van der Waals surface area contributed by atoms with E-state index in [1.165, 1.54) is 32.1 Å². The molecule has 0 nitrogen and oxygen atoms in total. The van der Waals surface area contributed by atoms with Crippen molar-refractivity contribution < 1.29 is 0 Å². The van der Waals surface area contributed by atoms with Crippen LogP contribution in [-0.2, 0) is 0 Å². The van der Waals surface area contributed by atoms with Gasteiger partial charge in [-0.1, -0.05) is 46.1 Å². The lowest BCUT2D eigenvalue weighted by atomic mass is 9.69. The van der Waals surface area contributed by atoms with Gasteiger partial charge in [0.2, 0.25) is 0 Å². The summed E-state index contributed by atoms with van der Waals surface area (Å²) in [6, 6.07) is 0. The van der Waals surface area contributed by atoms with Crippen LogP contribution in [0.3, 0.4) is 0 Å². The number of rotatable bonds is 4. The Labute approximate surface area is 83.4 Å². The summed E-state index contributed by atoms with van der Waals surface area (Å²) >= 11 is 0. The minimum Gasteiger partial charge on any atom is -0.103 e. The van der Waals surface area contributed by atoms with Crippen LogP contribution in [0, 0.1) is 17.3 Å². The van der Waals surface area contributed by atoms with Crippen LogP contribution in [0.15, 0.2) is 12.7 Å². The summed E-state index contributed by atoms with van der Waals surface area (Å²) in [4.78, 5) is 0. The average Bonchev–Trinajstić information content (AvgIpc) is 2.53. The van der Waals surface area contributed by atoms with Crippen LogP contribution in [-0.4, -0.2) is 0 Å². The molecule has 0 aromatic rings. The van der Waals surface area contributed by atoms with E-state index in [2.05, 4.69) is 33.4 Å². The van der Waals surface area contributed by atoms with Gasteiger partial charge in [-0.25, -0.2) is 0 Å². The predicted octanol–water partition coefficient (Wildman–Crippen LogP) is 4.42. The molecule has 2 unspecified atom stereocenters. The van der Waals surface area contributed by atoms with Gasteiger partial charge in [-0.3, -0.25) is 0 Å². The quantitative estimate of drug-likeness (QED) is 0.562. The second kappa shape index (κ2) is 4.30. The third-order valence-electron chi connectivity index (χ3n) is 4.09. The van der Waals surface area contributed by atoms with E-state index in [0.29, 0.717) is 11.3 Å². The van der Waals surface area contributed by atoms with Crippen molar-refractivity contribution in [1.29, 1.82) is 0 Å². The summed E-state index contributed by atoms with van der Waals surface area (Å²) in [6.45, 7) is 11.1. The van der Waals surface area contributed by atoms with Gasteiger partial charge in [0.25, 0.3) is 0 Å². The molecular weight excluding hydrogens is 156 g/mol. The highest BCUT2D eigenvalue weighted by molar-refractivity contribution is 4.93. The van der Waals surface area contributed by atoms with Crippen molar-refractivity contribution in [3.63, 3.8) is 0 Å². The number of allylic oxidation sites excluding steroid dienone is 1. The fraction of sp³-hybridized carbons (Fsp3) is 0.846. The molecule has 1 rings (SSSR count). The first-order chi connectivity index (χ1) is 6.14. The summed E-state index contributed by atoms with van der Waals surface area (Å²) in [7, 11) is 0. The highest BCUT2D eigenvalue weighted by atomic mass is 14.4. The Kier molecular flexibility index (Phi) is 3.58. The van der Waals surface area contributed by atoms with Crippen LogP contribution in [0.5, 0.6) is 0 Å². The molecule has 1 aliphatic rings. The van der Waals surface area contributed by atoms with E-state index in [1.54, 1.807) is 0 Å². The highest BCUT2D eigenvalue weighted by Gasteiger charge is 2.37. The lowest BCUT2D eigenvalue weighted by Crippen LogP contribution is -2.28. The van der Waals surface area contributed by atoms with Crippen LogP contribution in [0.2, 0.25) is 0 Å². The van der Waals surface area contributed by atoms with Crippen molar-refractivity contribution in [2.75, 3.05) is 0 Å². The smallest absolute Gasteiger partial charge is 0.0231 e. The zero-order valence-corrected chi connectivity index (χ0v) is 9.47. The molecule has 0 aliphatic heterocycles. The normalized spacial score (nSPS) is 25.5. The fourth-order valence-corrected chi connectivity index (χ4v) is 3.22. The maximum absolute atomic E-state index is 3.93. The molecule has 0 saturated heterocycles. The molecule has 0 N–H and O–H groups in total. The van der Waals surface area contributed by atoms with E-state index >= 15 is 0 Å². The summed E-state index contributed by atoms with van der Waals surface area (Å²) in [5.41, 5.74) is 0.613. The second-order valence-corrected chi connectivity index (χ2v) is 4.97. The third-order valence-corrected chi connectivity index (χ3v) is 4.09. The molecule has 1 saturated carbocycles. The average molecular weight is 180 g/mol. The Morgan fingerprint density at radius 2 is 1.92 bits per heavy atom. The molecule has 0 bridgehead atoms. The maximum Gasteiger partial charge on any atom is -0.0231 e. The number of hydrogen-bond donors (Lipinski definition) is 0. The van der Waals surface area contributed by atoms with Gasteiger partial charge in [0.15, 0.2) is 0 Å². The first kappa shape index (κ1) is 10.8. The molecule has 0 heteroatoms. The molecule has 0 heterocycles. The van der Waals surface area contributed by atoms with Crippen LogP contribution >= 0.6 is 0 Å². The predicted molar refractivity (Wildman–Crippen MR) is 59.7 cm³/mol. The molecule has 0 spiro atoms. The van der Waals surface area contributed by atoms with Gasteiger partial charge in [0.1, 0.15) is 0 Å². The first-order valence-corrected chi connectivity index (χ1v) is 5.76. The van der Waals surface area contributed by atoms with Crippen molar-refractivity contribution in [1.82, 2.24) is 0 Å². The molecule has 0 aromatic heterocycles. The second-order valence-electron chi connectivity index (χ2n) is 4.97. The Bertz CT molecular complexity index is 163. The van der Waals surface area contributed by atoms with E-state index < -0.39 is 0 Å². The van der Waals surface area contributed by atoms with Crippen molar-refractivity contribution in [3.8, 4) is 0 Å². The van der Waals surface area contributed by atoms with Gasteiger partial charge in [0, 0.05) is 0 Å². The Hall–Kier alpha value is -0.260.